The first-order valence-electron chi connectivity index (χ1n) is 10.9. The van der Waals surface area contributed by atoms with Crippen LogP contribution in [0.15, 0.2) is 36.5 Å². The average Bonchev–Trinajstić information content (AvgIpc) is 2.84. The first kappa shape index (κ1) is 25.6. The van der Waals surface area contributed by atoms with E-state index in [0.29, 0.717) is 37.4 Å². The summed E-state index contributed by atoms with van der Waals surface area (Å²) in [6, 6.07) is 9.08. The van der Waals surface area contributed by atoms with E-state index in [4.69, 9.17) is 5.26 Å². The maximum Gasteiger partial charge on any atom is 0.417 e. The van der Waals surface area contributed by atoms with Crippen LogP contribution in [0.1, 0.15) is 24.0 Å². The number of hydrogen-bond acceptors (Lipinski definition) is 6. The number of rotatable bonds is 4. The van der Waals surface area contributed by atoms with E-state index in [9.17, 15) is 18.0 Å². The Morgan fingerprint density at radius 3 is 2.29 bits per heavy atom. The fourth-order valence-electron chi connectivity index (χ4n) is 4.26. The summed E-state index contributed by atoms with van der Waals surface area (Å²) in [7, 11) is 0. The van der Waals surface area contributed by atoms with Gasteiger partial charge in [-0.25, -0.2) is 4.98 Å². The van der Waals surface area contributed by atoms with Gasteiger partial charge < -0.3 is 20.4 Å². The zero-order valence-corrected chi connectivity index (χ0v) is 19.3. The summed E-state index contributed by atoms with van der Waals surface area (Å²) in [5.41, 5.74) is 0.0995. The van der Waals surface area contributed by atoms with Crippen molar-refractivity contribution in [3.63, 3.8) is 0 Å². The van der Waals surface area contributed by atoms with Crippen LogP contribution in [0.25, 0.3) is 0 Å². The number of halogens is 4. The van der Waals surface area contributed by atoms with Gasteiger partial charge in [-0.15, -0.1) is 12.4 Å². The number of piperidine rings is 1. The van der Waals surface area contributed by atoms with E-state index < -0.39 is 17.3 Å². The van der Waals surface area contributed by atoms with E-state index in [-0.39, 0.29) is 24.2 Å². The number of aromatic nitrogens is 1. The quantitative estimate of drug-likeness (QED) is 0.675. The number of pyridine rings is 1. The third-order valence-corrected chi connectivity index (χ3v) is 6.14. The maximum absolute atomic E-state index is 13.3. The molecule has 2 aliphatic rings. The van der Waals surface area contributed by atoms with Crippen LogP contribution >= 0.6 is 12.4 Å². The summed E-state index contributed by atoms with van der Waals surface area (Å²) in [6.45, 7) is 4.59. The third kappa shape index (κ3) is 5.90. The van der Waals surface area contributed by atoms with Crippen molar-refractivity contribution in [2.24, 2.45) is 5.92 Å². The highest BCUT2D eigenvalue weighted by molar-refractivity contribution is 5.92. The van der Waals surface area contributed by atoms with Crippen molar-refractivity contribution in [2.45, 2.75) is 19.0 Å². The van der Waals surface area contributed by atoms with Gasteiger partial charge in [-0.1, -0.05) is 0 Å². The van der Waals surface area contributed by atoms with Crippen LogP contribution in [0.2, 0.25) is 0 Å². The minimum atomic E-state index is -4.59. The van der Waals surface area contributed by atoms with Gasteiger partial charge in [-0.2, -0.15) is 18.4 Å². The second kappa shape index (κ2) is 10.9. The Balaban J connectivity index is 0.00000324. The van der Waals surface area contributed by atoms with Gasteiger partial charge in [-0.05, 0) is 43.2 Å². The Hall–Kier alpha value is -3.03. The van der Waals surface area contributed by atoms with Crippen molar-refractivity contribution < 1.29 is 18.0 Å². The monoisotopic (exact) mass is 494 g/mol. The van der Waals surface area contributed by atoms with Gasteiger partial charge in [0, 0.05) is 50.9 Å². The molecule has 0 saturated carbocycles. The second-order valence-corrected chi connectivity index (χ2v) is 8.23. The number of nitriles is 1. The lowest BCUT2D eigenvalue weighted by atomic mass is 9.95. The zero-order valence-electron chi connectivity index (χ0n) is 18.4. The van der Waals surface area contributed by atoms with Crippen molar-refractivity contribution in [1.29, 1.82) is 5.26 Å². The molecule has 2 fully saturated rings. The lowest BCUT2D eigenvalue weighted by molar-refractivity contribution is -0.137. The molecule has 2 N–H and O–H groups in total. The van der Waals surface area contributed by atoms with Crippen LogP contribution in [0.5, 0.6) is 0 Å². The molecule has 2 aromatic rings. The number of nitrogens with one attached hydrogen (secondary N) is 2. The third-order valence-electron chi connectivity index (χ3n) is 6.14. The number of amides is 1. The molecule has 11 heteroatoms. The highest BCUT2D eigenvalue weighted by Gasteiger charge is 2.35. The summed E-state index contributed by atoms with van der Waals surface area (Å²) in [4.78, 5) is 21.1. The first-order chi connectivity index (χ1) is 15.8. The molecule has 7 nitrogen and oxygen atoms in total. The van der Waals surface area contributed by atoms with Crippen molar-refractivity contribution >= 4 is 35.5 Å². The molecule has 1 aromatic heterocycles. The SMILES string of the molecule is Cl.N#Cc1ccc(N2CCC(C(=O)Nc3ccc(N4CCNCC4)cn3)CC2)cc1C(F)(F)F. The van der Waals surface area contributed by atoms with Gasteiger partial charge in [0.1, 0.15) is 5.82 Å². The van der Waals surface area contributed by atoms with Crippen LogP contribution < -0.4 is 20.4 Å². The fraction of sp³-hybridized carbons (Fsp3) is 0.435. The van der Waals surface area contributed by atoms with Crippen LogP contribution in [-0.4, -0.2) is 50.2 Å². The molecule has 1 amide bonds. The molecular weight excluding hydrogens is 469 g/mol. The molecule has 0 aliphatic carbocycles. The normalized spacial score (nSPS) is 17.0. The number of nitrogens with zero attached hydrogens (tertiary/aromatic N) is 4. The molecule has 2 saturated heterocycles. The molecule has 0 unspecified atom stereocenters. The number of hydrogen-bond donors (Lipinski definition) is 2. The van der Waals surface area contributed by atoms with Gasteiger partial charge in [0.25, 0.3) is 0 Å². The topological polar surface area (TPSA) is 84.3 Å². The fourth-order valence-corrected chi connectivity index (χ4v) is 4.26. The van der Waals surface area contributed by atoms with E-state index in [0.717, 1.165) is 37.9 Å². The van der Waals surface area contributed by atoms with Crippen molar-refractivity contribution in [3.05, 3.63) is 47.7 Å². The molecule has 2 aliphatic heterocycles. The van der Waals surface area contributed by atoms with Gasteiger partial charge in [0.15, 0.2) is 0 Å². The Labute approximate surface area is 202 Å². The lowest BCUT2D eigenvalue weighted by Crippen LogP contribution is -2.43. The van der Waals surface area contributed by atoms with Crippen molar-refractivity contribution in [2.75, 3.05) is 54.4 Å². The number of anilines is 3. The summed E-state index contributed by atoms with van der Waals surface area (Å²) in [6.07, 6.45) is -1.79. The summed E-state index contributed by atoms with van der Waals surface area (Å²) < 4.78 is 39.8. The predicted molar refractivity (Wildman–Crippen MR) is 126 cm³/mol. The standard InChI is InChI=1S/C23H25F3N6O.ClH/c24-23(25,26)20-13-18(2-1-17(20)14-27)31-9-5-16(6-10-31)22(33)30-21-4-3-19(15-29-21)32-11-7-28-8-12-32;/h1-4,13,15-16,28H,5-12H2,(H,29,30,33);1H. The highest BCUT2D eigenvalue weighted by atomic mass is 35.5. The zero-order chi connectivity index (χ0) is 23.4. The summed E-state index contributed by atoms with van der Waals surface area (Å²) >= 11 is 0. The Morgan fingerprint density at radius 2 is 1.71 bits per heavy atom. The van der Waals surface area contributed by atoms with Crippen molar-refractivity contribution in [3.8, 4) is 6.07 Å². The van der Waals surface area contributed by atoms with Crippen LogP contribution in [0.3, 0.4) is 0 Å². The van der Waals surface area contributed by atoms with Crippen molar-refractivity contribution in [1.82, 2.24) is 10.3 Å². The second-order valence-electron chi connectivity index (χ2n) is 8.23. The van der Waals surface area contributed by atoms with E-state index in [2.05, 4.69) is 20.5 Å². The van der Waals surface area contributed by atoms with Crippen LogP contribution in [0, 0.1) is 17.2 Å². The molecule has 0 radical (unpaired) electrons. The number of carbonyl (C=O) groups is 1. The number of alkyl halides is 3. The summed E-state index contributed by atoms with van der Waals surface area (Å²) in [5, 5.41) is 15.1. The molecular formula is C23H26ClF3N6O. The van der Waals surface area contributed by atoms with Crippen LogP contribution in [0.4, 0.5) is 30.4 Å². The molecule has 0 spiro atoms. The van der Waals surface area contributed by atoms with Gasteiger partial charge in [0.2, 0.25) is 5.91 Å². The largest absolute Gasteiger partial charge is 0.417 e. The van der Waals surface area contributed by atoms with Gasteiger partial charge in [0.05, 0.1) is 29.1 Å². The molecule has 3 heterocycles. The first-order valence-corrected chi connectivity index (χ1v) is 10.9. The molecule has 1 aromatic carbocycles. The van der Waals surface area contributed by atoms with E-state index >= 15 is 0 Å². The number of carbonyl (C=O) groups excluding carboxylic acids is 1. The minimum Gasteiger partial charge on any atom is -0.371 e. The maximum atomic E-state index is 13.3. The molecule has 4 rings (SSSR count). The number of piperazine rings is 1. The highest BCUT2D eigenvalue weighted by Crippen LogP contribution is 2.35. The molecule has 182 valence electrons. The van der Waals surface area contributed by atoms with E-state index in [1.807, 2.05) is 11.0 Å². The van der Waals surface area contributed by atoms with Crippen LogP contribution in [-0.2, 0) is 11.0 Å². The van der Waals surface area contributed by atoms with E-state index in [1.54, 1.807) is 18.3 Å². The number of benzene rings is 1. The Kier molecular flexibility index (Phi) is 8.23. The molecule has 0 atom stereocenters. The Bertz CT molecular complexity index is 1030. The lowest BCUT2D eigenvalue weighted by Gasteiger charge is -2.33. The smallest absolute Gasteiger partial charge is 0.371 e. The Morgan fingerprint density at radius 1 is 1.06 bits per heavy atom. The molecule has 34 heavy (non-hydrogen) atoms. The van der Waals surface area contributed by atoms with Gasteiger partial charge >= 0.3 is 6.18 Å². The predicted octanol–water partition coefficient (Wildman–Crippen LogP) is 3.66. The summed E-state index contributed by atoms with van der Waals surface area (Å²) in [5.74, 6) is 0.118. The molecule has 0 bridgehead atoms. The van der Waals surface area contributed by atoms with E-state index in [1.165, 1.54) is 12.1 Å². The minimum absolute atomic E-state index is 0. The average molecular weight is 495 g/mol. The van der Waals surface area contributed by atoms with Gasteiger partial charge in [-0.3, -0.25) is 4.79 Å².